The average molecular weight is 414 g/mol. The topological polar surface area (TPSA) is 148 Å². The van der Waals surface area contributed by atoms with E-state index in [-0.39, 0.29) is 18.7 Å². The zero-order chi connectivity index (χ0) is 20.7. The van der Waals surface area contributed by atoms with Crippen molar-refractivity contribution in [3.05, 3.63) is 39.6 Å². The molecule has 0 amide bonds. The van der Waals surface area contributed by atoms with E-state index in [1.54, 1.807) is 11.6 Å². The number of hydrogen-bond acceptors (Lipinski definition) is 10. The van der Waals surface area contributed by atoms with Gasteiger partial charge in [-0.15, -0.1) is 11.3 Å². The number of esters is 1. The van der Waals surface area contributed by atoms with Crippen LogP contribution in [0.1, 0.15) is 11.4 Å². The lowest BCUT2D eigenvalue weighted by Crippen LogP contribution is -2.53. The first-order valence-corrected chi connectivity index (χ1v) is 8.87. The number of nitrogens with zero attached hydrogens (tertiary/aromatic N) is 3. The summed E-state index contributed by atoms with van der Waals surface area (Å²) in [5.41, 5.74) is 11.2. The van der Waals surface area contributed by atoms with Gasteiger partial charge < -0.3 is 26.6 Å². The van der Waals surface area contributed by atoms with E-state index >= 15 is 0 Å². The van der Waals surface area contributed by atoms with Crippen LogP contribution in [0.2, 0.25) is 0 Å². The Labute approximate surface area is 163 Å². The van der Waals surface area contributed by atoms with Crippen molar-refractivity contribution in [2.45, 2.75) is 18.5 Å². The van der Waals surface area contributed by atoms with E-state index in [1.165, 1.54) is 17.4 Å². The number of alkyl halides is 2. The summed E-state index contributed by atoms with van der Waals surface area (Å²) in [4.78, 5) is 23.5. The van der Waals surface area contributed by atoms with Gasteiger partial charge in [0.2, 0.25) is 0 Å². The second-order valence-corrected chi connectivity index (χ2v) is 6.66. The summed E-state index contributed by atoms with van der Waals surface area (Å²) in [5.74, 6) is -0.378. The van der Waals surface area contributed by atoms with Gasteiger partial charge in [0, 0.05) is 41.2 Å². The monoisotopic (exact) mass is 414 g/mol. The second-order valence-electron chi connectivity index (χ2n) is 5.76. The van der Waals surface area contributed by atoms with Gasteiger partial charge in [-0.1, -0.05) is 0 Å². The van der Waals surface area contributed by atoms with Crippen LogP contribution in [0.15, 0.2) is 44.6 Å². The number of nitrogens with two attached hydrogens (primary N) is 2. The quantitative estimate of drug-likeness (QED) is 0.268. The summed E-state index contributed by atoms with van der Waals surface area (Å²) >= 11 is 1.34. The Balaban J connectivity index is 2.39. The number of aliphatic imine (C=N–C) groups is 2. The fourth-order valence-corrected chi connectivity index (χ4v) is 2.99. The molecule has 0 aliphatic carbocycles. The Hall–Kier alpha value is -2.70. The standard InChI is InChI=1S/C16H20F2N6O3S/c1-27-14(26)16(20,8-25)6-11-9(10(19)2-3-22-15(17)18)7-23-12(24-11)13-21-4-5-28-13/h2-5,15,25H,6-8,19-20H2,1H3,(H,23,24). The molecule has 1 atom stereocenters. The number of ether oxygens (including phenoxy) is 1. The first-order valence-electron chi connectivity index (χ1n) is 7.99. The molecule has 0 spiro atoms. The number of hydrogen-bond donors (Lipinski definition) is 4. The first kappa shape index (κ1) is 21.6. The molecule has 1 aromatic rings. The Bertz CT molecular complexity index is 822. The van der Waals surface area contributed by atoms with Crippen LogP contribution in [0.3, 0.4) is 0 Å². The van der Waals surface area contributed by atoms with Crippen LogP contribution in [0, 0.1) is 0 Å². The molecule has 0 fully saturated rings. The van der Waals surface area contributed by atoms with Crippen LogP contribution in [-0.2, 0) is 9.53 Å². The van der Waals surface area contributed by atoms with Crippen LogP contribution in [0.25, 0.3) is 0 Å². The summed E-state index contributed by atoms with van der Waals surface area (Å²) < 4.78 is 29.1. The van der Waals surface area contributed by atoms with E-state index in [1.807, 2.05) is 0 Å². The van der Waals surface area contributed by atoms with Crippen LogP contribution in [-0.4, -0.2) is 60.5 Å². The molecule has 1 aliphatic rings. The lowest BCUT2D eigenvalue weighted by Gasteiger charge is -2.29. The van der Waals surface area contributed by atoms with Crippen molar-refractivity contribution in [3.63, 3.8) is 0 Å². The summed E-state index contributed by atoms with van der Waals surface area (Å²) in [5, 5.41) is 15.0. The summed E-state index contributed by atoms with van der Waals surface area (Å²) in [7, 11) is 1.15. The molecule has 152 valence electrons. The molecule has 6 N–H and O–H groups in total. The Morgan fingerprint density at radius 3 is 2.93 bits per heavy atom. The van der Waals surface area contributed by atoms with Crippen molar-refractivity contribution < 1.29 is 23.4 Å². The molecular formula is C16H20F2N6O3S. The van der Waals surface area contributed by atoms with Gasteiger partial charge in [-0.3, -0.25) is 4.99 Å². The Kier molecular flexibility index (Phi) is 7.31. The molecule has 12 heteroatoms. The van der Waals surface area contributed by atoms with Gasteiger partial charge >= 0.3 is 12.5 Å². The number of methoxy groups -OCH3 is 1. The number of carbonyl (C=O) groups excluding carboxylic acids is 1. The number of aliphatic hydroxyl groups is 1. The van der Waals surface area contributed by atoms with E-state index < -0.39 is 24.7 Å². The average Bonchev–Trinajstić information content (AvgIpc) is 3.21. The predicted molar refractivity (Wildman–Crippen MR) is 101 cm³/mol. The molecule has 0 radical (unpaired) electrons. The molecule has 0 aromatic carbocycles. The summed E-state index contributed by atoms with van der Waals surface area (Å²) in [6, 6.07) is 0. The zero-order valence-corrected chi connectivity index (χ0v) is 15.7. The molecular weight excluding hydrogens is 394 g/mol. The van der Waals surface area contributed by atoms with Gasteiger partial charge in [-0.25, -0.2) is 14.8 Å². The summed E-state index contributed by atoms with van der Waals surface area (Å²) in [6.07, 6.45) is 3.53. The molecule has 9 nitrogen and oxygen atoms in total. The van der Waals surface area contributed by atoms with Gasteiger partial charge in [0.25, 0.3) is 0 Å². The van der Waals surface area contributed by atoms with E-state index in [2.05, 4.69) is 25.0 Å². The minimum Gasteiger partial charge on any atom is -0.468 e. The molecule has 1 unspecified atom stereocenters. The Morgan fingerprint density at radius 2 is 2.36 bits per heavy atom. The highest BCUT2D eigenvalue weighted by Gasteiger charge is 2.37. The lowest BCUT2D eigenvalue weighted by molar-refractivity contribution is -0.148. The highest BCUT2D eigenvalue weighted by Crippen LogP contribution is 2.24. The van der Waals surface area contributed by atoms with Gasteiger partial charge in [-0.2, -0.15) is 8.78 Å². The molecule has 2 heterocycles. The third-order valence-electron chi connectivity index (χ3n) is 3.83. The molecule has 28 heavy (non-hydrogen) atoms. The number of allylic oxidation sites excluding steroid dienone is 1. The Morgan fingerprint density at radius 1 is 1.61 bits per heavy atom. The van der Waals surface area contributed by atoms with E-state index in [0.717, 1.165) is 13.3 Å². The van der Waals surface area contributed by atoms with Crippen LogP contribution in [0.4, 0.5) is 8.78 Å². The third-order valence-corrected chi connectivity index (χ3v) is 4.61. The van der Waals surface area contributed by atoms with Crippen LogP contribution in [0.5, 0.6) is 0 Å². The number of halogens is 2. The van der Waals surface area contributed by atoms with E-state index in [0.29, 0.717) is 22.1 Å². The number of thiazole rings is 1. The van der Waals surface area contributed by atoms with Crippen molar-refractivity contribution in [1.29, 1.82) is 0 Å². The summed E-state index contributed by atoms with van der Waals surface area (Å²) in [6.45, 7) is -3.45. The van der Waals surface area contributed by atoms with Crippen molar-refractivity contribution in [2.75, 3.05) is 20.3 Å². The number of amidine groups is 1. The molecule has 1 aromatic heterocycles. The fraction of sp³-hybridized carbons (Fsp3) is 0.375. The maximum Gasteiger partial charge on any atom is 0.331 e. The lowest BCUT2D eigenvalue weighted by atomic mass is 9.92. The highest BCUT2D eigenvalue weighted by molar-refractivity contribution is 7.11. The maximum absolute atomic E-state index is 12.2. The fourth-order valence-electron chi connectivity index (χ4n) is 2.39. The van der Waals surface area contributed by atoms with Gasteiger partial charge in [0.15, 0.2) is 10.8 Å². The van der Waals surface area contributed by atoms with Crippen LogP contribution >= 0.6 is 11.3 Å². The maximum atomic E-state index is 12.2. The van der Waals surface area contributed by atoms with Crippen molar-refractivity contribution in [1.82, 2.24) is 10.3 Å². The number of rotatable bonds is 8. The predicted octanol–water partition coefficient (Wildman–Crippen LogP) is 0.136. The van der Waals surface area contributed by atoms with Gasteiger partial charge in [0.1, 0.15) is 5.54 Å². The van der Waals surface area contributed by atoms with E-state index in [9.17, 15) is 18.7 Å². The zero-order valence-electron chi connectivity index (χ0n) is 14.9. The van der Waals surface area contributed by atoms with Crippen LogP contribution < -0.4 is 16.8 Å². The number of aromatic nitrogens is 1. The minimum atomic E-state index is -2.86. The molecule has 1 aliphatic heterocycles. The van der Waals surface area contributed by atoms with Crippen molar-refractivity contribution in [2.24, 2.45) is 21.5 Å². The smallest absolute Gasteiger partial charge is 0.331 e. The third kappa shape index (κ3) is 5.18. The molecule has 2 rings (SSSR count). The normalized spacial score (nSPS) is 17.5. The SMILES string of the molecule is COC(=O)C(N)(CO)CC1=C(C(N)=CC=NC(F)F)CN=C(c2nccs2)N1. The molecule has 0 bridgehead atoms. The van der Waals surface area contributed by atoms with Crippen molar-refractivity contribution in [3.8, 4) is 0 Å². The largest absolute Gasteiger partial charge is 0.468 e. The number of carbonyl (C=O) groups is 1. The minimum absolute atomic E-state index is 0.0881. The highest BCUT2D eigenvalue weighted by atomic mass is 32.1. The first-order chi connectivity index (χ1) is 13.3. The molecule has 0 saturated heterocycles. The molecule has 0 saturated carbocycles. The number of aliphatic hydroxyl groups excluding tert-OH is 1. The second kappa shape index (κ2) is 9.48. The van der Waals surface area contributed by atoms with Gasteiger partial charge in [0.05, 0.1) is 20.3 Å². The van der Waals surface area contributed by atoms with Crippen molar-refractivity contribution >= 4 is 29.4 Å². The van der Waals surface area contributed by atoms with E-state index in [4.69, 9.17) is 11.5 Å². The number of nitrogens with one attached hydrogen (secondary N) is 1. The van der Waals surface area contributed by atoms with Gasteiger partial charge in [-0.05, 0) is 6.08 Å².